The molecule has 1 N–H and O–H groups in total. The summed E-state index contributed by atoms with van der Waals surface area (Å²) < 4.78 is 8.46. The fraction of sp³-hybridized carbons (Fsp3) is 0.148. The van der Waals surface area contributed by atoms with Gasteiger partial charge in [-0.05, 0) is 87.7 Å². The molecule has 59 heavy (non-hydrogen) atoms. The van der Waals surface area contributed by atoms with Gasteiger partial charge < -0.3 is 9.52 Å². The summed E-state index contributed by atoms with van der Waals surface area (Å²) in [5.41, 5.74) is 14.4. The molecule has 0 saturated heterocycles. The zero-order chi connectivity index (χ0) is 40.6. The number of para-hydroxylation sites is 2. The molecule has 7 aromatic carbocycles. The van der Waals surface area contributed by atoms with Crippen molar-refractivity contribution in [2.45, 2.75) is 52.4 Å². The van der Waals surface area contributed by atoms with Crippen molar-refractivity contribution in [2.75, 3.05) is 0 Å². The summed E-state index contributed by atoms with van der Waals surface area (Å²) in [5, 5.41) is 14.7. The van der Waals surface area contributed by atoms with Crippen LogP contribution in [0.15, 0.2) is 162 Å². The first-order valence-corrected chi connectivity index (χ1v) is 20.3. The number of furan rings is 1. The van der Waals surface area contributed by atoms with Crippen molar-refractivity contribution in [3.63, 3.8) is 0 Å². The third kappa shape index (κ3) is 6.25. The van der Waals surface area contributed by atoms with Gasteiger partial charge in [-0.1, -0.05) is 133 Å². The number of aromatic hydroxyl groups is 1. The first-order chi connectivity index (χ1) is 28.4. The van der Waals surface area contributed by atoms with Gasteiger partial charge in [0.15, 0.2) is 0 Å². The molecule has 3 aromatic heterocycles. The van der Waals surface area contributed by atoms with E-state index in [0.29, 0.717) is 11.1 Å². The van der Waals surface area contributed by atoms with Crippen molar-refractivity contribution in [3.8, 4) is 56.2 Å². The molecular weight excluding hydrogens is 723 g/mol. The van der Waals surface area contributed by atoms with Gasteiger partial charge in [-0.15, -0.1) is 0 Å². The van der Waals surface area contributed by atoms with E-state index in [0.717, 1.165) is 83.2 Å². The molecule has 288 valence electrons. The smallest absolute Gasteiger partial charge is 0.145 e. The minimum Gasteiger partial charge on any atom is -0.507 e. The number of phenols is 1. The third-order valence-electron chi connectivity index (χ3n) is 11.7. The zero-order valence-corrected chi connectivity index (χ0v) is 34.2. The molecule has 0 atom stereocenters. The average molecular weight is 768 g/mol. The van der Waals surface area contributed by atoms with Crippen LogP contribution in [0.5, 0.6) is 5.75 Å². The van der Waals surface area contributed by atoms with Crippen LogP contribution in [0.2, 0.25) is 0 Å². The van der Waals surface area contributed by atoms with Crippen molar-refractivity contribution in [1.29, 1.82) is 0 Å². The van der Waals surface area contributed by atoms with Crippen LogP contribution in [0.3, 0.4) is 0 Å². The van der Waals surface area contributed by atoms with Crippen molar-refractivity contribution in [2.24, 2.45) is 0 Å². The van der Waals surface area contributed by atoms with Gasteiger partial charge in [0.1, 0.15) is 22.7 Å². The van der Waals surface area contributed by atoms with E-state index < -0.39 is 0 Å². The molecule has 0 aliphatic heterocycles. The second kappa shape index (κ2) is 13.6. The number of hydrogen-bond acceptors (Lipinski definition) is 4. The number of phenolic OH excluding ortho intramolecular Hbond substituents is 1. The molecule has 0 unspecified atom stereocenters. The van der Waals surface area contributed by atoms with Gasteiger partial charge in [-0.25, -0.2) is 4.98 Å². The van der Waals surface area contributed by atoms with Gasteiger partial charge in [0, 0.05) is 56.2 Å². The summed E-state index contributed by atoms with van der Waals surface area (Å²) in [7, 11) is 0. The van der Waals surface area contributed by atoms with E-state index in [1.165, 1.54) is 11.1 Å². The maximum Gasteiger partial charge on any atom is 0.145 e. The summed E-state index contributed by atoms with van der Waals surface area (Å²) in [5.74, 6) is 0.938. The number of fused-ring (bicyclic) bond motifs is 5. The van der Waals surface area contributed by atoms with E-state index >= 15 is 0 Å². The molecular formula is C54H45N3O2. The standard InChI is InChI=1S/C54H45N3O2/c1-53(2,3)37-24-25-45(41(29-37)33-15-8-7-9-16-33)57-46-22-13-21-40(43-31-44-39-20-10-11-23-48(39)59-49(44)32-47(43)58)51(46)56-52(57)36-18-12-17-34(27-36)42-30-38(54(4,5)6)28-35-19-14-26-55-50(35)42/h7-32,58H,1-6H3. The highest BCUT2D eigenvalue weighted by Crippen LogP contribution is 2.44. The van der Waals surface area contributed by atoms with Crippen molar-refractivity contribution < 1.29 is 9.52 Å². The molecule has 0 saturated carbocycles. The molecule has 0 bridgehead atoms. The van der Waals surface area contributed by atoms with Crippen molar-refractivity contribution >= 4 is 43.9 Å². The maximum absolute atomic E-state index is 11.7. The van der Waals surface area contributed by atoms with E-state index in [1.54, 1.807) is 6.07 Å². The molecule has 10 rings (SSSR count). The number of pyridine rings is 1. The van der Waals surface area contributed by atoms with Gasteiger partial charge in [0.25, 0.3) is 0 Å². The number of benzene rings is 7. The Morgan fingerprint density at radius 2 is 1.24 bits per heavy atom. The highest BCUT2D eigenvalue weighted by Gasteiger charge is 2.25. The Morgan fingerprint density at radius 3 is 2.05 bits per heavy atom. The van der Waals surface area contributed by atoms with Crippen LogP contribution in [-0.2, 0) is 10.8 Å². The number of imidazole rings is 1. The Labute approximate surface area is 344 Å². The summed E-state index contributed by atoms with van der Waals surface area (Å²) in [6.45, 7) is 13.5. The average Bonchev–Trinajstić information content (AvgIpc) is 3.81. The lowest BCUT2D eigenvalue weighted by Crippen LogP contribution is -2.12. The van der Waals surface area contributed by atoms with Crippen LogP contribution < -0.4 is 0 Å². The molecule has 0 radical (unpaired) electrons. The second-order valence-electron chi connectivity index (χ2n) is 17.7. The second-order valence-corrected chi connectivity index (χ2v) is 17.7. The molecule has 0 aliphatic carbocycles. The molecule has 0 aliphatic rings. The van der Waals surface area contributed by atoms with Crippen LogP contribution in [0, 0.1) is 0 Å². The molecule has 0 fully saturated rings. The van der Waals surface area contributed by atoms with Gasteiger partial charge in [0.05, 0.1) is 22.2 Å². The van der Waals surface area contributed by atoms with Gasteiger partial charge in [-0.2, -0.15) is 0 Å². The molecule has 5 nitrogen and oxygen atoms in total. The van der Waals surface area contributed by atoms with Crippen LogP contribution in [0.25, 0.3) is 94.3 Å². The Balaban J connectivity index is 1.27. The maximum atomic E-state index is 11.7. The van der Waals surface area contributed by atoms with E-state index in [2.05, 4.69) is 161 Å². The number of hydrogen-bond donors (Lipinski definition) is 1. The van der Waals surface area contributed by atoms with E-state index in [4.69, 9.17) is 14.4 Å². The summed E-state index contributed by atoms with van der Waals surface area (Å²) in [6, 6.07) is 52.9. The monoisotopic (exact) mass is 767 g/mol. The number of rotatable bonds is 5. The summed E-state index contributed by atoms with van der Waals surface area (Å²) in [4.78, 5) is 10.5. The topological polar surface area (TPSA) is 64.1 Å². The number of nitrogens with zero attached hydrogens (tertiary/aromatic N) is 3. The van der Waals surface area contributed by atoms with E-state index in [-0.39, 0.29) is 16.6 Å². The molecule has 0 amide bonds. The lowest BCUT2D eigenvalue weighted by molar-refractivity contribution is 0.477. The summed E-state index contributed by atoms with van der Waals surface area (Å²) >= 11 is 0. The van der Waals surface area contributed by atoms with Gasteiger partial charge in [0.2, 0.25) is 0 Å². The van der Waals surface area contributed by atoms with Crippen LogP contribution in [0.4, 0.5) is 0 Å². The minimum absolute atomic E-state index is 0.0504. The largest absolute Gasteiger partial charge is 0.507 e. The summed E-state index contributed by atoms with van der Waals surface area (Å²) in [6.07, 6.45) is 1.87. The van der Waals surface area contributed by atoms with E-state index in [9.17, 15) is 5.11 Å². The lowest BCUT2D eigenvalue weighted by Gasteiger charge is -2.23. The Kier molecular flexibility index (Phi) is 8.36. The molecule has 10 aromatic rings. The first-order valence-electron chi connectivity index (χ1n) is 20.3. The fourth-order valence-corrected chi connectivity index (χ4v) is 8.45. The van der Waals surface area contributed by atoms with Crippen molar-refractivity contribution in [1.82, 2.24) is 14.5 Å². The van der Waals surface area contributed by atoms with Crippen LogP contribution >= 0.6 is 0 Å². The van der Waals surface area contributed by atoms with Crippen LogP contribution in [-0.4, -0.2) is 19.6 Å². The quantitative estimate of drug-likeness (QED) is 0.189. The molecule has 0 spiro atoms. The molecule has 3 heterocycles. The van der Waals surface area contributed by atoms with E-state index in [1.807, 2.05) is 36.5 Å². The predicted molar refractivity (Wildman–Crippen MR) is 244 cm³/mol. The normalized spacial score (nSPS) is 12.3. The Morgan fingerprint density at radius 1 is 0.508 bits per heavy atom. The highest BCUT2D eigenvalue weighted by molar-refractivity contribution is 6.09. The Hall–Kier alpha value is -6.98. The highest BCUT2D eigenvalue weighted by atomic mass is 16.3. The Bertz CT molecular complexity index is 3250. The fourth-order valence-electron chi connectivity index (χ4n) is 8.45. The van der Waals surface area contributed by atoms with Crippen molar-refractivity contribution in [3.05, 3.63) is 169 Å². The lowest BCUT2D eigenvalue weighted by atomic mass is 9.84. The molecule has 5 heteroatoms. The predicted octanol–water partition coefficient (Wildman–Crippen LogP) is 14.4. The third-order valence-corrected chi connectivity index (χ3v) is 11.7. The SMILES string of the molecule is CC(C)(C)c1ccc(-n2c(-c3cccc(-c4cc(C(C)(C)C)cc5cccnc45)c3)nc3c(-c4cc5c(cc4O)oc4ccccc45)cccc32)c(-c2ccccc2)c1. The van der Waals surface area contributed by atoms with Gasteiger partial charge in [-0.3, -0.25) is 9.55 Å². The first kappa shape index (κ1) is 36.4. The minimum atomic E-state index is -0.0603. The van der Waals surface area contributed by atoms with Gasteiger partial charge >= 0.3 is 0 Å². The zero-order valence-electron chi connectivity index (χ0n) is 34.2. The van der Waals surface area contributed by atoms with Crippen LogP contribution in [0.1, 0.15) is 52.7 Å². The number of aromatic nitrogens is 3.